The number of nitrogens with two attached hydrogens (primary N) is 1. The first-order valence-electron chi connectivity index (χ1n) is 5.09. The Balaban J connectivity index is 3.00. The second-order valence-corrected chi connectivity index (χ2v) is 8.85. The topological polar surface area (TPSA) is 96.0 Å². The first-order valence-corrected chi connectivity index (χ1v) is 8.52. The second kappa shape index (κ2) is 6.40. The van der Waals surface area contributed by atoms with Crippen LogP contribution in [-0.2, 0) is 10.0 Å². The Labute approximate surface area is 129 Å². The molecule has 1 heterocycles. The van der Waals surface area contributed by atoms with Gasteiger partial charge in [-0.3, -0.25) is 0 Å². The molecule has 6 nitrogen and oxygen atoms in total. The highest BCUT2D eigenvalue weighted by Gasteiger charge is 2.28. The number of halogens is 2. The van der Waals surface area contributed by atoms with Crippen molar-refractivity contribution in [1.82, 2.24) is 4.31 Å². The Morgan fingerprint density at radius 1 is 1.74 bits per heavy atom. The van der Waals surface area contributed by atoms with E-state index in [0.29, 0.717) is 8.81 Å². The third-order valence-electron chi connectivity index (χ3n) is 2.51. The van der Waals surface area contributed by atoms with Crippen LogP contribution < -0.4 is 5.73 Å². The molecule has 0 aliphatic rings. The van der Waals surface area contributed by atoms with Crippen LogP contribution in [0.2, 0.25) is 5.02 Å². The third-order valence-corrected chi connectivity index (χ3v) is 7.41. The standard InChI is InChI=1S/C9H13BrClN3O3S2/c1-5(3-7(12)13-15)14(2)19(16,17)8-4-6(11)9(10)18-8/h4-5,15H,3H2,1-2H3,(H2,12,13). The molecule has 0 saturated carbocycles. The molecule has 3 N–H and O–H groups in total. The van der Waals surface area contributed by atoms with Crippen molar-refractivity contribution in [2.45, 2.75) is 23.6 Å². The lowest BCUT2D eigenvalue weighted by atomic mass is 10.2. The predicted octanol–water partition coefficient (Wildman–Crippen LogP) is 2.31. The monoisotopic (exact) mass is 389 g/mol. The summed E-state index contributed by atoms with van der Waals surface area (Å²) in [4.78, 5) is 0. The van der Waals surface area contributed by atoms with E-state index < -0.39 is 16.1 Å². The zero-order valence-corrected chi connectivity index (χ0v) is 14.1. The molecule has 10 heteroatoms. The van der Waals surface area contributed by atoms with Crippen LogP contribution in [0.4, 0.5) is 0 Å². The minimum atomic E-state index is -3.65. The molecule has 0 bridgehead atoms. The van der Waals surface area contributed by atoms with Crippen LogP contribution in [0.3, 0.4) is 0 Å². The van der Waals surface area contributed by atoms with Crippen molar-refractivity contribution in [2.24, 2.45) is 10.9 Å². The van der Waals surface area contributed by atoms with Crippen molar-refractivity contribution < 1.29 is 13.6 Å². The second-order valence-electron chi connectivity index (χ2n) is 3.85. The lowest BCUT2D eigenvalue weighted by Gasteiger charge is -2.22. The quantitative estimate of drug-likeness (QED) is 0.349. The average Bonchev–Trinajstić information content (AvgIpc) is 2.69. The number of rotatable bonds is 5. The molecule has 1 rings (SSSR count). The molecule has 0 aliphatic carbocycles. The van der Waals surface area contributed by atoms with Gasteiger partial charge in [0.15, 0.2) is 0 Å². The van der Waals surface area contributed by atoms with E-state index in [1.54, 1.807) is 6.92 Å². The van der Waals surface area contributed by atoms with E-state index in [4.69, 9.17) is 22.5 Å². The Morgan fingerprint density at radius 3 is 2.74 bits per heavy atom. The van der Waals surface area contributed by atoms with E-state index in [0.717, 1.165) is 11.3 Å². The third kappa shape index (κ3) is 3.82. The summed E-state index contributed by atoms with van der Waals surface area (Å²) in [7, 11) is -2.21. The highest BCUT2D eigenvalue weighted by Crippen LogP contribution is 2.36. The van der Waals surface area contributed by atoms with Gasteiger partial charge in [0.1, 0.15) is 10.0 Å². The summed E-state index contributed by atoms with van der Waals surface area (Å²) < 4.78 is 26.5. The van der Waals surface area contributed by atoms with Crippen LogP contribution in [0, 0.1) is 0 Å². The average molecular weight is 391 g/mol. The minimum absolute atomic E-state index is 0.0278. The Kier molecular flexibility index (Phi) is 5.63. The summed E-state index contributed by atoms with van der Waals surface area (Å²) in [5.74, 6) is -0.0278. The van der Waals surface area contributed by atoms with E-state index in [2.05, 4.69) is 21.1 Å². The van der Waals surface area contributed by atoms with Gasteiger partial charge in [0.05, 0.1) is 8.81 Å². The van der Waals surface area contributed by atoms with Crippen molar-refractivity contribution in [3.05, 3.63) is 14.9 Å². The highest BCUT2D eigenvalue weighted by atomic mass is 79.9. The number of hydrogen-bond acceptors (Lipinski definition) is 5. The van der Waals surface area contributed by atoms with Gasteiger partial charge in [-0.1, -0.05) is 16.8 Å². The first kappa shape index (κ1) is 16.7. The van der Waals surface area contributed by atoms with Gasteiger partial charge in [0, 0.05) is 19.5 Å². The molecule has 0 amide bonds. The molecule has 0 aromatic carbocycles. The molecule has 0 spiro atoms. The maximum Gasteiger partial charge on any atom is 0.252 e. The zero-order chi connectivity index (χ0) is 14.8. The van der Waals surface area contributed by atoms with Crippen molar-refractivity contribution in [3.63, 3.8) is 0 Å². The maximum atomic E-state index is 12.3. The molecule has 0 radical (unpaired) electrons. The van der Waals surface area contributed by atoms with Crippen molar-refractivity contribution >= 4 is 54.7 Å². The van der Waals surface area contributed by atoms with Gasteiger partial charge >= 0.3 is 0 Å². The fraction of sp³-hybridized carbons (Fsp3) is 0.444. The van der Waals surface area contributed by atoms with E-state index in [-0.39, 0.29) is 16.5 Å². The summed E-state index contributed by atoms with van der Waals surface area (Å²) in [5.41, 5.74) is 5.37. The zero-order valence-electron chi connectivity index (χ0n) is 10.2. The molecule has 0 saturated heterocycles. The SMILES string of the molecule is CC(CC(N)=NO)N(C)S(=O)(=O)c1cc(Cl)c(Br)s1. The predicted molar refractivity (Wildman–Crippen MR) is 79.5 cm³/mol. The highest BCUT2D eigenvalue weighted by molar-refractivity contribution is 9.11. The van der Waals surface area contributed by atoms with Crippen LogP contribution in [-0.4, -0.2) is 36.9 Å². The Hall–Kier alpha value is -0.350. The number of oxime groups is 1. The van der Waals surface area contributed by atoms with Crippen LogP contribution >= 0.6 is 38.9 Å². The molecular formula is C9H13BrClN3O3S2. The molecule has 1 aromatic rings. The first-order chi connectivity index (χ1) is 8.70. The number of hydrogen-bond donors (Lipinski definition) is 2. The van der Waals surface area contributed by atoms with E-state index in [1.165, 1.54) is 17.4 Å². The smallest absolute Gasteiger partial charge is 0.252 e. The van der Waals surface area contributed by atoms with Gasteiger partial charge in [-0.2, -0.15) is 4.31 Å². The largest absolute Gasteiger partial charge is 0.409 e. The molecule has 0 aliphatic heterocycles. The Morgan fingerprint density at radius 2 is 2.32 bits per heavy atom. The molecule has 0 fully saturated rings. The lowest BCUT2D eigenvalue weighted by Crippen LogP contribution is -2.37. The van der Waals surface area contributed by atoms with E-state index in [1.807, 2.05) is 0 Å². The molecule has 19 heavy (non-hydrogen) atoms. The fourth-order valence-electron chi connectivity index (χ4n) is 1.30. The number of amidine groups is 1. The number of sulfonamides is 1. The lowest BCUT2D eigenvalue weighted by molar-refractivity contribution is 0.313. The normalized spacial score (nSPS) is 14.9. The molecule has 1 aromatic heterocycles. The number of thiophene rings is 1. The van der Waals surface area contributed by atoms with Crippen molar-refractivity contribution in [2.75, 3.05) is 7.05 Å². The van der Waals surface area contributed by atoms with Gasteiger partial charge in [-0.25, -0.2) is 8.42 Å². The van der Waals surface area contributed by atoms with Gasteiger partial charge in [0.25, 0.3) is 10.0 Å². The molecular weight excluding hydrogens is 378 g/mol. The van der Waals surface area contributed by atoms with Crippen LogP contribution in [0.5, 0.6) is 0 Å². The van der Waals surface area contributed by atoms with Gasteiger partial charge in [-0.05, 0) is 28.9 Å². The summed E-state index contributed by atoms with van der Waals surface area (Å²) in [6.45, 7) is 1.67. The van der Waals surface area contributed by atoms with E-state index >= 15 is 0 Å². The molecule has 1 unspecified atom stereocenters. The van der Waals surface area contributed by atoms with Crippen LogP contribution in [0.1, 0.15) is 13.3 Å². The van der Waals surface area contributed by atoms with Crippen LogP contribution in [0.25, 0.3) is 0 Å². The summed E-state index contributed by atoms with van der Waals surface area (Å²) in [5, 5.41) is 11.7. The summed E-state index contributed by atoms with van der Waals surface area (Å²) in [6.07, 6.45) is 0.131. The van der Waals surface area contributed by atoms with Crippen molar-refractivity contribution in [1.29, 1.82) is 0 Å². The molecule has 1 atom stereocenters. The summed E-state index contributed by atoms with van der Waals surface area (Å²) in [6, 6.07) is 0.943. The van der Waals surface area contributed by atoms with Crippen molar-refractivity contribution in [3.8, 4) is 0 Å². The van der Waals surface area contributed by atoms with Gasteiger partial charge in [0.2, 0.25) is 0 Å². The number of nitrogens with zero attached hydrogens (tertiary/aromatic N) is 2. The maximum absolute atomic E-state index is 12.3. The Bertz CT molecular complexity index is 568. The minimum Gasteiger partial charge on any atom is -0.409 e. The summed E-state index contributed by atoms with van der Waals surface area (Å²) >= 11 is 10.0. The fourth-order valence-corrected chi connectivity index (χ4v) is 5.25. The molecule has 108 valence electrons. The van der Waals surface area contributed by atoms with Gasteiger partial charge < -0.3 is 10.9 Å². The van der Waals surface area contributed by atoms with Crippen LogP contribution in [0.15, 0.2) is 19.2 Å². The van der Waals surface area contributed by atoms with E-state index in [9.17, 15) is 8.42 Å². The van der Waals surface area contributed by atoms with Gasteiger partial charge in [-0.15, -0.1) is 11.3 Å².